The molecule has 2 aromatic rings. The SMILES string of the molecule is COc1ccc(CCC(=O)Nc2ccccc2C(=O)OCC(=O)N(C)C2CCCCC2)cc1. The highest BCUT2D eigenvalue weighted by Crippen LogP contribution is 2.22. The van der Waals surface area contributed by atoms with Gasteiger partial charge in [0, 0.05) is 19.5 Å². The third-order valence-electron chi connectivity index (χ3n) is 6.06. The Morgan fingerprint density at radius 1 is 1.00 bits per heavy atom. The lowest BCUT2D eigenvalue weighted by Crippen LogP contribution is -2.40. The first-order valence-corrected chi connectivity index (χ1v) is 11.4. The third-order valence-corrected chi connectivity index (χ3v) is 6.06. The number of nitrogens with zero attached hydrogens (tertiary/aromatic N) is 1. The Hall–Kier alpha value is -3.35. The molecular formula is C26H32N2O5. The van der Waals surface area contributed by atoms with Gasteiger partial charge in [0.25, 0.3) is 5.91 Å². The van der Waals surface area contributed by atoms with Gasteiger partial charge in [0.1, 0.15) is 5.75 Å². The Morgan fingerprint density at radius 3 is 2.39 bits per heavy atom. The number of anilines is 1. The van der Waals surface area contributed by atoms with Crippen LogP contribution < -0.4 is 10.1 Å². The van der Waals surface area contributed by atoms with E-state index >= 15 is 0 Å². The predicted octanol–water partition coefficient (Wildman–Crippen LogP) is 4.21. The van der Waals surface area contributed by atoms with Crippen LogP contribution in [-0.2, 0) is 20.7 Å². The molecule has 1 saturated carbocycles. The van der Waals surface area contributed by atoms with Crippen molar-refractivity contribution in [2.24, 2.45) is 0 Å². The van der Waals surface area contributed by atoms with Crippen LogP contribution in [0, 0.1) is 0 Å². The van der Waals surface area contributed by atoms with E-state index in [9.17, 15) is 14.4 Å². The van der Waals surface area contributed by atoms with Gasteiger partial charge < -0.3 is 19.7 Å². The molecular weight excluding hydrogens is 420 g/mol. The van der Waals surface area contributed by atoms with Gasteiger partial charge in [0.05, 0.1) is 18.4 Å². The van der Waals surface area contributed by atoms with Crippen LogP contribution in [0.25, 0.3) is 0 Å². The first kappa shape index (κ1) is 24.3. The lowest BCUT2D eigenvalue weighted by atomic mass is 9.94. The number of methoxy groups -OCH3 is 1. The van der Waals surface area contributed by atoms with Crippen molar-refractivity contribution in [3.05, 3.63) is 59.7 Å². The van der Waals surface area contributed by atoms with E-state index in [1.807, 2.05) is 24.3 Å². The normalized spacial score (nSPS) is 13.8. The molecule has 0 radical (unpaired) electrons. The second-order valence-corrected chi connectivity index (χ2v) is 8.31. The first-order chi connectivity index (χ1) is 16.0. The van der Waals surface area contributed by atoms with Gasteiger partial charge in [-0.3, -0.25) is 9.59 Å². The van der Waals surface area contributed by atoms with Gasteiger partial charge in [-0.2, -0.15) is 0 Å². The molecule has 0 atom stereocenters. The smallest absolute Gasteiger partial charge is 0.340 e. The topological polar surface area (TPSA) is 84.9 Å². The van der Waals surface area contributed by atoms with E-state index in [2.05, 4.69) is 5.32 Å². The zero-order valence-corrected chi connectivity index (χ0v) is 19.3. The molecule has 1 aliphatic rings. The second kappa shape index (κ2) is 12.0. The van der Waals surface area contributed by atoms with E-state index in [0.717, 1.165) is 37.0 Å². The van der Waals surface area contributed by atoms with Crippen LogP contribution in [0.2, 0.25) is 0 Å². The molecule has 1 N–H and O–H groups in total. The standard InChI is InChI=1S/C26H32N2O5/c1-28(20-8-4-3-5-9-20)25(30)18-33-26(31)22-10-6-7-11-23(22)27-24(29)17-14-19-12-15-21(32-2)16-13-19/h6-7,10-13,15-16,20H,3-5,8-9,14,17-18H2,1-2H3,(H,27,29). The summed E-state index contributed by atoms with van der Waals surface area (Å²) in [5.41, 5.74) is 1.61. The number of hydrogen-bond donors (Lipinski definition) is 1. The molecule has 3 rings (SSSR count). The summed E-state index contributed by atoms with van der Waals surface area (Å²) < 4.78 is 10.4. The number of likely N-dealkylation sites (N-methyl/N-ethyl adjacent to an activating group) is 1. The molecule has 0 saturated heterocycles. The number of carbonyl (C=O) groups is 3. The number of hydrogen-bond acceptors (Lipinski definition) is 5. The molecule has 1 fully saturated rings. The van der Waals surface area contributed by atoms with Gasteiger partial charge in [-0.1, -0.05) is 43.5 Å². The van der Waals surface area contributed by atoms with Gasteiger partial charge in [-0.25, -0.2) is 4.79 Å². The highest BCUT2D eigenvalue weighted by Gasteiger charge is 2.23. The summed E-state index contributed by atoms with van der Waals surface area (Å²) >= 11 is 0. The van der Waals surface area contributed by atoms with Crippen molar-refractivity contribution in [2.75, 3.05) is 26.1 Å². The number of benzene rings is 2. The maximum atomic E-state index is 12.6. The van der Waals surface area contributed by atoms with Crippen LogP contribution in [0.5, 0.6) is 5.75 Å². The van der Waals surface area contributed by atoms with Crippen molar-refractivity contribution >= 4 is 23.5 Å². The average molecular weight is 453 g/mol. The summed E-state index contributed by atoms with van der Waals surface area (Å²) in [4.78, 5) is 39.3. The first-order valence-electron chi connectivity index (χ1n) is 11.4. The highest BCUT2D eigenvalue weighted by molar-refractivity contribution is 6.01. The van der Waals surface area contributed by atoms with Gasteiger partial charge in [-0.05, 0) is 49.1 Å². The maximum absolute atomic E-state index is 12.6. The van der Waals surface area contributed by atoms with Crippen LogP contribution in [-0.4, -0.2) is 49.5 Å². The molecule has 0 unspecified atom stereocenters. The van der Waals surface area contributed by atoms with E-state index in [1.165, 1.54) is 6.42 Å². The Labute approximate surface area is 195 Å². The minimum Gasteiger partial charge on any atom is -0.497 e. The minimum absolute atomic E-state index is 0.209. The van der Waals surface area contributed by atoms with Gasteiger partial charge in [0.15, 0.2) is 6.61 Å². The number of aryl methyl sites for hydroxylation is 1. The number of ether oxygens (including phenoxy) is 2. The number of para-hydroxylation sites is 1. The molecule has 0 aliphatic heterocycles. The van der Waals surface area contributed by atoms with Gasteiger partial charge in [-0.15, -0.1) is 0 Å². The van der Waals surface area contributed by atoms with Crippen LogP contribution >= 0.6 is 0 Å². The fraction of sp³-hybridized carbons (Fsp3) is 0.423. The molecule has 7 nitrogen and oxygen atoms in total. The Morgan fingerprint density at radius 2 is 1.70 bits per heavy atom. The molecule has 0 bridgehead atoms. The maximum Gasteiger partial charge on any atom is 0.340 e. The predicted molar refractivity (Wildman–Crippen MR) is 126 cm³/mol. The number of rotatable bonds is 9. The Kier molecular flexibility index (Phi) is 8.87. The number of amides is 2. The minimum atomic E-state index is -0.633. The lowest BCUT2D eigenvalue weighted by Gasteiger charge is -2.31. The summed E-state index contributed by atoms with van der Waals surface area (Å²) in [6, 6.07) is 14.4. The van der Waals surface area contributed by atoms with Crippen molar-refractivity contribution in [3.8, 4) is 5.75 Å². The number of esters is 1. The number of nitrogens with one attached hydrogen (secondary N) is 1. The summed E-state index contributed by atoms with van der Waals surface area (Å²) in [6.07, 6.45) is 6.24. The van der Waals surface area contributed by atoms with E-state index in [4.69, 9.17) is 9.47 Å². The Balaban J connectivity index is 1.52. The molecule has 2 aromatic carbocycles. The lowest BCUT2D eigenvalue weighted by molar-refractivity contribution is -0.135. The summed E-state index contributed by atoms with van der Waals surface area (Å²) in [6.45, 7) is -0.314. The largest absolute Gasteiger partial charge is 0.497 e. The van der Waals surface area contributed by atoms with E-state index < -0.39 is 5.97 Å². The van der Waals surface area contributed by atoms with Crippen molar-refractivity contribution in [1.29, 1.82) is 0 Å². The molecule has 1 aliphatic carbocycles. The van der Waals surface area contributed by atoms with Gasteiger partial charge in [0.2, 0.25) is 5.91 Å². The third kappa shape index (κ3) is 7.07. The molecule has 7 heteroatoms. The quantitative estimate of drug-likeness (QED) is 0.576. The average Bonchev–Trinajstić information content (AvgIpc) is 2.86. The van der Waals surface area contributed by atoms with E-state index in [1.54, 1.807) is 43.3 Å². The summed E-state index contributed by atoms with van der Waals surface area (Å²) in [5, 5.41) is 2.79. The summed E-state index contributed by atoms with van der Waals surface area (Å²) in [7, 11) is 3.37. The van der Waals surface area contributed by atoms with Gasteiger partial charge >= 0.3 is 5.97 Å². The zero-order chi connectivity index (χ0) is 23.6. The highest BCUT2D eigenvalue weighted by atomic mass is 16.5. The van der Waals surface area contributed by atoms with Crippen LogP contribution in [0.1, 0.15) is 54.4 Å². The number of carbonyl (C=O) groups excluding carboxylic acids is 3. The molecule has 0 heterocycles. The van der Waals surface area contributed by atoms with Crippen LogP contribution in [0.4, 0.5) is 5.69 Å². The fourth-order valence-electron chi connectivity index (χ4n) is 4.01. The van der Waals surface area contributed by atoms with E-state index in [-0.39, 0.29) is 36.4 Å². The van der Waals surface area contributed by atoms with Crippen molar-refractivity contribution in [3.63, 3.8) is 0 Å². The second-order valence-electron chi connectivity index (χ2n) is 8.31. The molecule has 176 valence electrons. The molecule has 0 spiro atoms. The van der Waals surface area contributed by atoms with Crippen LogP contribution in [0.3, 0.4) is 0 Å². The van der Waals surface area contributed by atoms with Crippen molar-refractivity contribution < 1.29 is 23.9 Å². The zero-order valence-electron chi connectivity index (χ0n) is 19.3. The monoisotopic (exact) mass is 452 g/mol. The fourth-order valence-corrected chi connectivity index (χ4v) is 4.01. The summed E-state index contributed by atoms with van der Waals surface area (Å²) in [5.74, 6) is -0.291. The molecule has 2 amide bonds. The van der Waals surface area contributed by atoms with Crippen LogP contribution in [0.15, 0.2) is 48.5 Å². The van der Waals surface area contributed by atoms with Crippen molar-refractivity contribution in [2.45, 2.75) is 51.0 Å². The van der Waals surface area contributed by atoms with E-state index in [0.29, 0.717) is 12.1 Å². The van der Waals surface area contributed by atoms with Crippen molar-refractivity contribution in [1.82, 2.24) is 4.90 Å². The Bertz CT molecular complexity index is 951. The molecule has 0 aromatic heterocycles. The molecule has 33 heavy (non-hydrogen) atoms.